The van der Waals surface area contributed by atoms with Crippen LogP contribution in [0.4, 0.5) is 4.79 Å². The lowest BCUT2D eigenvalue weighted by Gasteiger charge is -2.33. The molecule has 100 valence electrons. The first-order chi connectivity index (χ1) is 8.46. The average Bonchev–Trinajstić information content (AvgIpc) is 2.80. The molecule has 6 nitrogen and oxygen atoms in total. The van der Waals surface area contributed by atoms with Gasteiger partial charge in [0.25, 0.3) is 0 Å². The lowest BCUT2D eigenvalue weighted by atomic mass is 9.98. The van der Waals surface area contributed by atoms with Gasteiger partial charge in [-0.1, -0.05) is 0 Å². The number of nitrogens with one attached hydrogen (secondary N) is 1. The van der Waals surface area contributed by atoms with Crippen molar-refractivity contribution in [2.75, 3.05) is 13.1 Å². The van der Waals surface area contributed by atoms with E-state index in [1.807, 2.05) is 20.8 Å². The summed E-state index contributed by atoms with van der Waals surface area (Å²) in [7, 11) is 0. The molecule has 0 unspecified atom stereocenters. The first-order valence-corrected chi connectivity index (χ1v) is 6.29. The molecule has 2 heterocycles. The Bertz CT molecular complexity index is 397. The Morgan fingerprint density at radius 3 is 2.94 bits per heavy atom. The number of amides is 1. The maximum Gasteiger partial charge on any atom is 0.410 e. The molecule has 1 amide bonds. The fourth-order valence-electron chi connectivity index (χ4n) is 2.10. The minimum atomic E-state index is -0.448. The van der Waals surface area contributed by atoms with Gasteiger partial charge in [0, 0.05) is 19.0 Å². The zero-order valence-electron chi connectivity index (χ0n) is 11.1. The number of carbonyl (C=O) groups excluding carboxylic acids is 1. The number of aromatic nitrogens is 3. The minimum Gasteiger partial charge on any atom is -0.444 e. The third kappa shape index (κ3) is 3.21. The molecule has 6 heteroatoms. The van der Waals surface area contributed by atoms with E-state index >= 15 is 0 Å². The van der Waals surface area contributed by atoms with E-state index in [2.05, 4.69) is 15.2 Å². The van der Waals surface area contributed by atoms with E-state index in [4.69, 9.17) is 4.74 Å². The molecule has 0 aliphatic carbocycles. The number of carbonyl (C=O) groups is 1. The third-order valence-electron chi connectivity index (χ3n) is 2.89. The molecule has 1 aliphatic heterocycles. The van der Waals surface area contributed by atoms with Crippen LogP contribution in [-0.2, 0) is 4.74 Å². The highest BCUT2D eigenvalue weighted by Crippen LogP contribution is 2.25. The Hall–Kier alpha value is -1.59. The summed E-state index contributed by atoms with van der Waals surface area (Å²) in [5, 5.41) is 6.73. The van der Waals surface area contributed by atoms with E-state index in [0.29, 0.717) is 6.54 Å². The second kappa shape index (κ2) is 4.96. The number of hydrogen-bond donors (Lipinski definition) is 1. The Kier molecular flexibility index (Phi) is 3.54. The van der Waals surface area contributed by atoms with Crippen molar-refractivity contribution < 1.29 is 9.53 Å². The van der Waals surface area contributed by atoms with Gasteiger partial charge in [-0.2, -0.15) is 5.10 Å². The molecule has 18 heavy (non-hydrogen) atoms. The van der Waals surface area contributed by atoms with Gasteiger partial charge >= 0.3 is 6.09 Å². The molecule has 0 aromatic carbocycles. The number of likely N-dealkylation sites (tertiary alicyclic amines) is 1. The van der Waals surface area contributed by atoms with Crippen LogP contribution in [0.1, 0.15) is 45.4 Å². The summed E-state index contributed by atoms with van der Waals surface area (Å²) in [5.41, 5.74) is -0.448. The number of piperidine rings is 1. The molecule has 1 saturated heterocycles. The van der Waals surface area contributed by atoms with Gasteiger partial charge in [0.05, 0.1) is 0 Å². The number of hydrogen-bond acceptors (Lipinski definition) is 4. The zero-order valence-corrected chi connectivity index (χ0v) is 11.1. The molecular weight excluding hydrogens is 232 g/mol. The van der Waals surface area contributed by atoms with Crippen molar-refractivity contribution in [3.05, 3.63) is 12.2 Å². The predicted octanol–water partition coefficient (Wildman–Crippen LogP) is 1.92. The Labute approximate surface area is 107 Å². The zero-order chi connectivity index (χ0) is 13.2. The fraction of sp³-hybridized carbons (Fsp3) is 0.750. The molecule has 0 bridgehead atoms. The predicted molar refractivity (Wildman–Crippen MR) is 66.2 cm³/mol. The van der Waals surface area contributed by atoms with Gasteiger partial charge in [0.2, 0.25) is 0 Å². The van der Waals surface area contributed by atoms with Crippen LogP contribution in [0.5, 0.6) is 0 Å². The number of aromatic amines is 1. The highest BCUT2D eigenvalue weighted by Gasteiger charge is 2.29. The minimum absolute atomic E-state index is 0.230. The van der Waals surface area contributed by atoms with Gasteiger partial charge < -0.3 is 9.64 Å². The SMILES string of the molecule is CC(C)(C)OC(=O)N1CCC[C@H](c2ncn[nH]2)C1. The molecule has 1 atom stereocenters. The summed E-state index contributed by atoms with van der Waals surface area (Å²) >= 11 is 0. The molecule has 0 spiro atoms. The molecule has 1 aromatic heterocycles. The van der Waals surface area contributed by atoms with Crippen LogP contribution < -0.4 is 0 Å². The molecule has 0 saturated carbocycles. The molecule has 0 radical (unpaired) electrons. The first kappa shape index (κ1) is 12.9. The molecule has 2 rings (SSSR count). The van der Waals surface area contributed by atoms with E-state index in [-0.39, 0.29) is 12.0 Å². The van der Waals surface area contributed by atoms with E-state index in [1.54, 1.807) is 4.90 Å². The van der Waals surface area contributed by atoms with Crippen LogP contribution in [0.2, 0.25) is 0 Å². The van der Waals surface area contributed by atoms with Crippen molar-refractivity contribution in [3.63, 3.8) is 0 Å². The van der Waals surface area contributed by atoms with Crippen molar-refractivity contribution in [2.24, 2.45) is 0 Å². The highest BCUT2D eigenvalue weighted by molar-refractivity contribution is 5.68. The van der Waals surface area contributed by atoms with Crippen molar-refractivity contribution in [2.45, 2.75) is 45.1 Å². The molecule has 1 aliphatic rings. The third-order valence-corrected chi connectivity index (χ3v) is 2.89. The van der Waals surface area contributed by atoms with Crippen LogP contribution in [0.25, 0.3) is 0 Å². The highest BCUT2D eigenvalue weighted by atomic mass is 16.6. The summed E-state index contributed by atoms with van der Waals surface area (Å²) in [5.74, 6) is 1.08. The molecule has 1 N–H and O–H groups in total. The Morgan fingerprint density at radius 1 is 1.56 bits per heavy atom. The topological polar surface area (TPSA) is 71.1 Å². The Morgan fingerprint density at radius 2 is 2.33 bits per heavy atom. The van der Waals surface area contributed by atoms with E-state index < -0.39 is 5.60 Å². The first-order valence-electron chi connectivity index (χ1n) is 6.29. The van der Waals surface area contributed by atoms with Crippen LogP contribution in [-0.4, -0.2) is 44.9 Å². The van der Waals surface area contributed by atoms with Crippen LogP contribution in [0.3, 0.4) is 0 Å². The summed E-state index contributed by atoms with van der Waals surface area (Å²) in [4.78, 5) is 17.9. The molecular formula is C12H20N4O2. The van der Waals surface area contributed by atoms with Gasteiger partial charge in [-0.25, -0.2) is 9.78 Å². The van der Waals surface area contributed by atoms with Gasteiger partial charge in [-0.3, -0.25) is 5.10 Å². The second-order valence-electron chi connectivity index (χ2n) is 5.64. The summed E-state index contributed by atoms with van der Waals surface area (Å²) in [6, 6.07) is 0. The van der Waals surface area contributed by atoms with E-state index in [9.17, 15) is 4.79 Å². The normalized spacial score (nSPS) is 20.8. The van der Waals surface area contributed by atoms with Gasteiger partial charge in [0.15, 0.2) is 0 Å². The standard InChI is InChI=1S/C12H20N4O2/c1-12(2,3)18-11(17)16-6-4-5-9(7-16)10-13-8-14-15-10/h8-9H,4-7H2,1-3H3,(H,13,14,15)/t9-/m0/s1. The van der Waals surface area contributed by atoms with E-state index in [0.717, 1.165) is 25.2 Å². The average molecular weight is 252 g/mol. The molecule has 1 aromatic rings. The lowest BCUT2D eigenvalue weighted by Crippen LogP contribution is -2.42. The fourth-order valence-corrected chi connectivity index (χ4v) is 2.10. The van der Waals surface area contributed by atoms with Crippen molar-refractivity contribution in [1.29, 1.82) is 0 Å². The van der Waals surface area contributed by atoms with Crippen molar-refractivity contribution in [1.82, 2.24) is 20.1 Å². The summed E-state index contributed by atoms with van der Waals surface area (Å²) in [6.45, 7) is 7.03. The Balaban J connectivity index is 1.96. The van der Waals surface area contributed by atoms with Gasteiger partial charge in [-0.15, -0.1) is 0 Å². The van der Waals surface area contributed by atoms with Gasteiger partial charge in [-0.05, 0) is 33.6 Å². The maximum absolute atomic E-state index is 12.0. The number of nitrogens with zero attached hydrogens (tertiary/aromatic N) is 3. The number of ether oxygens (including phenoxy) is 1. The quantitative estimate of drug-likeness (QED) is 0.829. The summed E-state index contributed by atoms with van der Waals surface area (Å²) in [6.07, 6.45) is 3.24. The van der Waals surface area contributed by atoms with Crippen LogP contribution >= 0.6 is 0 Å². The molecule has 1 fully saturated rings. The van der Waals surface area contributed by atoms with Crippen molar-refractivity contribution in [3.8, 4) is 0 Å². The van der Waals surface area contributed by atoms with Crippen LogP contribution in [0.15, 0.2) is 6.33 Å². The summed E-state index contributed by atoms with van der Waals surface area (Å²) < 4.78 is 5.38. The second-order valence-corrected chi connectivity index (χ2v) is 5.64. The lowest BCUT2D eigenvalue weighted by molar-refractivity contribution is 0.0196. The van der Waals surface area contributed by atoms with Crippen LogP contribution in [0, 0.1) is 0 Å². The monoisotopic (exact) mass is 252 g/mol. The number of H-pyrrole nitrogens is 1. The van der Waals surface area contributed by atoms with Crippen molar-refractivity contribution >= 4 is 6.09 Å². The van der Waals surface area contributed by atoms with Gasteiger partial charge in [0.1, 0.15) is 17.8 Å². The maximum atomic E-state index is 12.0. The largest absolute Gasteiger partial charge is 0.444 e. The number of rotatable bonds is 1. The van der Waals surface area contributed by atoms with E-state index in [1.165, 1.54) is 6.33 Å². The smallest absolute Gasteiger partial charge is 0.410 e.